The maximum absolute atomic E-state index is 13.2. The van der Waals surface area contributed by atoms with Gasteiger partial charge < -0.3 is 5.32 Å². The number of hydrogen-bond acceptors (Lipinski definition) is 4. The fraction of sp³-hybridized carbons (Fsp3) is 0.450. The Hall–Kier alpha value is -2.08. The van der Waals surface area contributed by atoms with Crippen LogP contribution >= 0.6 is 11.8 Å². The third-order valence-corrected chi connectivity index (χ3v) is 5.85. The maximum atomic E-state index is 13.2. The highest BCUT2D eigenvalue weighted by Gasteiger charge is 2.24. The van der Waals surface area contributed by atoms with E-state index in [1.165, 1.54) is 18.2 Å². The summed E-state index contributed by atoms with van der Waals surface area (Å²) >= 11 is 1.36. The van der Waals surface area contributed by atoms with Crippen molar-refractivity contribution in [3.8, 4) is 0 Å². The smallest absolute Gasteiger partial charge is 0.262 e. The van der Waals surface area contributed by atoms with Gasteiger partial charge in [0.1, 0.15) is 0 Å². The summed E-state index contributed by atoms with van der Waals surface area (Å²) < 4.78 is 1.84. The lowest BCUT2D eigenvalue weighted by atomic mass is 9.95. The second-order valence-electron chi connectivity index (χ2n) is 6.67. The van der Waals surface area contributed by atoms with Gasteiger partial charge in [-0.3, -0.25) is 14.2 Å². The number of thioether (sulfide) groups is 1. The topological polar surface area (TPSA) is 64.0 Å². The monoisotopic (exact) mass is 371 g/mol. The van der Waals surface area contributed by atoms with E-state index in [-0.39, 0.29) is 22.8 Å². The van der Waals surface area contributed by atoms with Crippen LogP contribution in [0.5, 0.6) is 0 Å². The molecule has 1 aliphatic carbocycles. The molecule has 1 aliphatic rings. The van der Waals surface area contributed by atoms with Gasteiger partial charge in [0.2, 0.25) is 5.91 Å². The molecule has 0 saturated heterocycles. The van der Waals surface area contributed by atoms with E-state index in [9.17, 15) is 9.59 Å². The minimum absolute atomic E-state index is 0.00343. The molecule has 5 nitrogen and oxygen atoms in total. The average molecular weight is 372 g/mol. The third-order valence-electron chi connectivity index (χ3n) is 4.79. The van der Waals surface area contributed by atoms with Gasteiger partial charge in [0.25, 0.3) is 5.56 Å². The molecule has 2 aromatic rings. The SMILES string of the molecule is C=CCNC(=O)[C@@H](C)Sc1nc2ccccc2c(=O)n1C1CCCCC1. The Morgan fingerprint density at radius 3 is 2.85 bits per heavy atom. The number of para-hydroxylation sites is 1. The number of rotatable bonds is 6. The summed E-state index contributed by atoms with van der Waals surface area (Å²) in [6.45, 7) is 5.90. The average Bonchev–Trinajstić information content (AvgIpc) is 2.67. The minimum Gasteiger partial charge on any atom is -0.352 e. The van der Waals surface area contributed by atoms with E-state index in [1.54, 1.807) is 6.08 Å². The van der Waals surface area contributed by atoms with Crippen molar-refractivity contribution >= 4 is 28.6 Å². The molecular formula is C20H25N3O2S. The Balaban J connectivity index is 2.00. The summed E-state index contributed by atoms with van der Waals surface area (Å²) in [5, 5.41) is 3.76. The lowest BCUT2D eigenvalue weighted by Crippen LogP contribution is -2.33. The zero-order valence-electron chi connectivity index (χ0n) is 15.1. The van der Waals surface area contributed by atoms with Crippen LogP contribution in [0.3, 0.4) is 0 Å². The van der Waals surface area contributed by atoms with Crippen LogP contribution in [0.4, 0.5) is 0 Å². The van der Waals surface area contributed by atoms with Crippen LogP contribution in [-0.2, 0) is 4.79 Å². The molecule has 0 aliphatic heterocycles. The second-order valence-corrected chi connectivity index (χ2v) is 7.98. The Kier molecular flexibility index (Phi) is 6.14. The zero-order chi connectivity index (χ0) is 18.5. The van der Waals surface area contributed by atoms with Crippen LogP contribution in [0.1, 0.15) is 45.1 Å². The lowest BCUT2D eigenvalue weighted by Gasteiger charge is -2.26. The predicted molar refractivity (Wildman–Crippen MR) is 107 cm³/mol. The van der Waals surface area contributed by atoms with Gasteiger partial charge in [-0.05, 0) is 31.9 Å². The fourth-order valence-electron chi connectivity index (χ4n) is 3.40. The minimum atomic E-state index is -0.335. The van der Waals surface area contributed by atoms with Crippen molar-refractivity contribution in [2.75, 3.05) is 6.54 Å². The van der Waals surface area contributed by atoms with Gasteiger partial charge in [0.15, 0.2) is 5.16 Å². The van der Waals surface area contributed by atoms with Crippen LogP contribution in [0.25, 0.3) is 10.9 Å². The first kappa shape index (κ1) is 18.7. The number of amides is 1. The van der Waals surface area contributed by atoms with Crippen molar-refractivity contribution < 1.29 is 4.79 Å². The van der Waals surface area contributed by atoms with Crippen LogP contribution in [0.2, 0.25) is 0 Å². The van der Waals surface area contributed by atoms with E-state index >= 15 is 0 Å². The first-order valence-corrected chi connectivity index (χ1v) is 10.1. The molecule has 1 aromatic carbocycles. The van der Waals surface area contributed by atoms with Crippen LogP contribution in [-0.4, -0.2) is 27.3 Å². The van der Waals surface area contributed by atoms with E-state index in [0.717, 1.165) is 25.7 Å². The van der Waals surface area contributed by atoms with Crippen molar-refractivity contribution in [2.24, 2.45) is 0 Å². The zero-order valence-corrected chi connectivity index (χ0v) is 15.9. The molecule has 0 bridgehead atoms. The Bertz CT molecular complexity index is 856. The van der Waals surface area contributed by atoms with Crippen LogP contribution in [0, 0.1) is 0 Å². The summed E-state index contributed by atoms with van der Waals surface area (Å²) in [4.78, 5) is 30.2. The number of benzene rings is 1. The van der Waals surface area contributed by atoms with E-state index in [2.05, 4.69) is 11.9 Å². The molecule has 1 amide bonds. The molecular weight excluding hydrogens is 346 g/mol. The largest absolute Gasteiger partial charge is 0.352 e. The number of nitrogens with one attached hydrogen (secondary N) is 1. The highest BCUT2D eigenvalue weighted by molar-refractivity contribution is 8.00. The van der Waals surface area contributed by atoms with Gasteiger partial charge >= 0.3 is 0 Å². The Labute approximate surface area is 157 Å². The fourth-order valence-corrected chi connectivity index (χ4v) is 4.40. The van der Waals surface area contributed by atoms with Gasteiger partial charge in [0, 0.05) is 12.6 Å². The number of carbonyl (C=O) groups is 1. The van der Waals surface area contributed by atoms with Crippen molar-refractivity contribution in [3.05, 3.63) is 47.3 Å². The molecule has 0 spiro atoms. The summed E-state index contributed by atoms with van der Waals surface area (Å²) in [6, 6.07) is 7.61. The molecule has 1 aromatic heterocycles. The molecule has 1 atom stereocenters. The first-order chi connectivity index (χ1) is 12.6. The number of carbonyl (C=O) groups excluding carboxylic acids is 1. The van der Waals surface area contributed by atoms with Gasteiger partial charge in [-0.15, -0.1) is 6.58 Å². The number of nitrogens with zero attached hydrogens (tertiary/aromatic N) is 2. The molecule has 1 fully saturated rings. The summed E-state index contributed by atoms with van der Waals surface area (Å²) in [5.41, 5.74) is 0.689. The Morgan fingerprint density at radius 2 is 2.12 bits per heavy atom. The highest BCUT2D eigenvalue weighted by atomic mass is 32.2. The Morgan fingerprint density at radius 1 is 1.38 bits per heavy atom. The van der Waals surface area contributed by atoms with Crippen molar-refractivity contribution in [1.29, 1.82) is 0 Å². The summed E-state index contributed by atoms with van der Waals surface area (Å²) in [7, 11) is 0. The van der Waals surface area contributed by atoms with Gasteiger partial charge in [0.05, 0.1) is 16.2 Å². The number of aromatic nitrogens is 2. The van der Waals surface area contributed by atoms with Gasteiger partial charge in [-0.2, -0.15) is 0 Å². The third kappa shape index (κ3) is 4.01. The van der Waals surface area contributed by atoms with Gasteiger partial charge in [-0.1, -0.05) is 49.2 Å². The molecule has 1 heterocycles. The molecule has 6 heteroatoms. The first-order valence-electron chi connectivity index (χ1n) is 9.18. The van der Waals surface area contributed by atoms with E-state index in [4.69, 9.17) is 4.98 Å². The quantitative estimate of drug-likeness (QED) is 0.478. The summed E-state index contributed by atoms with van der Waals surface area (Å²) in [6.07, 6.45) is 7.11. The van der Waals surface area contributed by atoms with E-state index in [1.807, 2.05) is 35.8 Å². The normalized spacial score (nSPS) is 16.3. The molecule has 138 valence electrons. The van der Waals surface area contributed by atoms with E-state index in [0.29, 0.717) is 22.6 Å². The standard InChI is InChI=1S/C20H25N3O2S/c1-3-13-21-18(24)14(2)26-20-22-17-12-8-7-11-16(17)19(25)23(20)15-9-5-4-6-10-15/h3,7-8,11-12,14-15H,1,4-6,9-10,13H2,2H3,(H,21,24)/t14-/m1/s1. The van der Waals surface area contributed by atoms with E-state index < -0.39 is 0 Å². The van der Waals surface area contributed by atoms with Crippen molar-refractivity contribution in [3.63, 3.8) is 0 Å². The molecule has 0 unspecified atom stereocenters. The van der Waals surface area contributed by atoms with Crippen LogP contribution < -0.4 is 10.9 Å². The maximum Gasteiger partial charge on any atom is 0.262 e. The van der Waals surface area contributed by atoms with Crippen molar-refractivity contribution in [1.82, 2.24) is 14.9 Å². The molecule has 0 radical (unpaired) electrons. The highest BCUT2D eigenvalue weighted by Crippen LogP contribution is 2.32. The van der Waals surface area contributed by atoms with Crippen LogP contribution in [0.15, 0.2) is 46.9 Å². The molecule has 1 N–H and O–H groups in total. The molecule has 3 rings (SSSR count). The van der Waals surface area contributed by atoms with Gasteiger partial charge in [-0.25, -0.2) is 4.98 Å². The lowest BCUT2D eigenvalue weighted by molar-refractivity contribution is -0.120. The molecule has 1 saturated carbocycles. The number of fused-ring (bicyclic) bond motifs is 1. The predicted octanol–water partition coefficient (Wildman–Crippen LogP) is 3.68. The summed E-state index contributed by atoms with van der Waals surface area (Å²) in [5.74, 6) is -0.0764. The molecule has 26 heavy (non-hydrogen) atoms. The second kappa shape index (κ2) is 8.54. The van der Waals surface area contributed by atoms with Crippen molar-refractivity contribution in [2.45, 2.75) is 55.5 Å². The number of hydrogen-bond donors (Lipinski definition) is 1.